The van der Waals surface area contributed by atoms with Gasteiger partial charge in [0, 0.05) is 24.8 Å². The molecule has 1 N–H and O–H groups in total. The zero-order valence-electron chi connectivity index (χ0n) is 12.7. The Labute approximate surface area is 131 Å². The highest BCUT2D eigenvalue weighted by Gasteiger charge is 2.45. The molecule has 4 nitrogen and oxygen atoms in total. The third-order valence-corrected chi connectivity index (χ3v) is 6.47. The molecule has 1 spiro atoms. The summed E-state index contributed by atoms with van der Waals surface area (Å²) in [6.07, 6.45) is 9.20. The Balaban J connectivity index is 1.72. The quantitative estimate of drug-likeness (QED) is 0.851. The zero-order chi connectivity index (χ0) is 14.7. The number of hydrogen-bond acceptors (Lipinski definition) is 3. The van der Waals surface area contributed by atoms with Crippen LogP contribution in [0.4, 0.5) is 0 Å². The molecule has 0 aromatic carbocycles. The first-order valence-corrected chi connectivity index (χ1v) is 9.46. The van der Waals surface area contributed by atoms with E-state index in [1.165, 1.54) is 31.4 Å². The average Bonchev–Trinajstić information content (AvgIpc) is 2.62. The van der Waals surface area contributed by atoms with Crippen molar-refractivity contribution < 1.29 is 9.59 Å². The number of carbonyl (C=O) groups is 2. The zero-order valence-corrected chi connectivity index (χ0v) is 13.6. The highest BCUT2D eigenvalue weighted by Crippen LogP contribution is 2.33. The van der Waals surface area contributed by atoms with E-state index in [4.69, 9.17) is 0 Å². The summed E-state index contributed by atoms with van der Waals surface area (Å²) in [5, 5.41) is 3.64. The second-order valence-electron chi connectivity index (χ2n) is 6.68. The van der Waals surface area contributed by atoms with Crippen molar-refractivity contribution in [2.24, 2.45) is 0 Å². The van der Waals surface area contributed by atoms with E-state index in [0.717, 1.165) is 32.2 Å². The maximum atomic E-state index is 13.0. The van der Waals surface area contributed by atoms with Crippen molar-refractivity contribution in [2.75, 3.05) is 18.8 Å². The van der Waals surface area contributed by atoms with Gasteiger partial charge in [-0.05, 0) is 31.4 Å². The Bertz CT molecular complexity index is 401. The van der Waals surface area contributed by atoms with Crippen LogP contribution in [0.3, 0.4) is 0 Å². The van der Waals surface area contributed by atoms with Crippen LogP contribution < -0.4 is 5.32 Å². The Hall–Kier alpha value is -0.710. The van der Waals surface area contributed by atoms with Crippen molar-refractivity contribution in [2.45, 2.75) is 68.6 Å². The van der Waals surface area contributed by atoms with E-state index in [1.54, 1.807) is 0 Å². The maximum Gasteiger partial charge on any atom is 0.248 e. The Morgan fingerprint density at radius 3 is 2.67 bits per heavy atom. The third-order valence-electron chi connectivity index (χ3n) is 5.09. The molecule has 1 aliphatic carbocycles. The van der Waals surface area contributed by atoms with Gasteiger partial charge in [-0.1, -0.05) is 25.7 Å². The highest BCUT2D eigenvalue weighted by atomic mass is 32.2. The van der Waals surface area contributed by atoms with Crippen LogP contribution in [-0.4, -0.2) is 46.3 Å². The van der Waals surface area contributed by atoms with E-state index in [-0.39, 0.29) is 11.8 Å². The lowest BCUT2D eigenvalue weighted by Crippen LogP contribution is -2.58. The van der Waals surface area contributed by atoms with Crippen LogP contribution in [0.5, 0.6) is 0 Å². The van der Waals surface area contributed by atoms with Gasteiger partial charge in [0.1, 0.15) is 5.54 Å². The third kappa shape index (κ3) is 3.38. The number of carbonyl (C=O) groups excluding carboxylic acids is 2. The summed E-state index contributed by atoms with van der Waals surface area (Å²) in [4.78, 5) is 27.1. The molecule has 5 heteroatoms. The van der Waals surface area contributed by atoms with E-state index >= 15 is 0 Å². The topological polar surface area (TPSA) is 49.4 Å². The van der Waals surface area contributed by atoms with Gasteiger partial charge < -0.3 is 10.2 Å². The SMILES string of the molecule is O=C1CCN(CC2CCCCS2)C(=O)C2(CCCCC2)N1. The molecule has 0 bridgehead atoms. The molecular weight excluding hydrogens is 284 g/mol. The fourth-order valence-electron chi connectivity index (χ4n) is 3.89. The number of amides is 2. The molecule has 3 rings (SSSR count). The second kappa shape index (κ2) is 6.59. The van der Waals surface area contributed by atoms with Crippen LogP contribution in [0.1, 0.15) is 57.8 Å². The molecule has 1 saturated carbocycles. The predicted octanol–water partition coefficient (Wildman–Crippen LogP) is 2.32. The van der Waals surface area contributed by atoms with Crippen molar-refractivity contribution in [1.82, 2.24) is 10.2 Å². The molecule has 21 heavy (non-hydrogen) atoms. The monoisotopic (exact) mass is 310 g/mol. The molecule has 2 amide bonds. The van der Waals surface area contributed by atoms with Crippen molar-refractivity contribution in [3.63, 3.8) is 0 Å². The molecule has 0 aromatic rings. The Kier molecular flexibility index (Phi) is 4.77. The fraction of sp³-hybridized carbons (Fsp3) is 0.875. The van der Waals surface area contributed by atoms with Crippen molar-refractivity contribution in [1.29, 1.82) is 0 Å². The van der Waals surface area contributed by atoms with Gasteiger partial charge in [0.25, 0.3) is 0 Å². The largest absolute Gasteiger partial charge is 0.342 e. The Morgan fingerprint density at radius 2 is 1.95 bits per heavy atom. The minimum Gasteiger partial charge on any atom is -0.342 e. The molecule has 2 heterocycles. The number of nitrogens with zero attached hydrogens (tertiary/aromatic N) is 1. The van der Waals surface area contributed by atoms with Crippen LogP contribution in [-0.2, 0) is 9.59 Å². The number of nitrogens with one attached hydrogen (secondary N) is 1. The van der Waals surface area contributed by atoms with Crippen molar-refractivity contribution >= 4 is 23.6 Å². The summed E-state index contributed by atoms with van der Waals surface area (Å²) in [7, 11) is 0. The summed E-state index contributed by atoms with van der Waals surface area (Å²) in [5.74, 6) is 1.47. The van der Waals surface area contributed by atoms with Gasteiger partial charge in [-0.3, -0.25) is 9.59 Å². The molecule has 2 saturated heterocycles. The summed E-state index contributed by atoms with van der Waals surface area (Å²) in [6.45, 7) is 1.43. The number of thioether (sulfide) groups is 1. The lowest BCUT2D eigenvalue weighted by molar-refractivity contribution is -0.140. The standard InChI is InChI=1S/C16H26N2O2S/c19-14-7-10-18(12-13-6-2-5-11-21-13)15(20)16(17-14)8-3-1-4-9-16/h13H,1-12H2,(H,17,19). The van der Waals surface area contributed by atoms with Gasteiger partial charge in [0.05, 0.1) is 0 Å². The van der Waals surface area contributed by atoms with Crippen molar-refractivity contribution in [3.8, 4) is 0 Å². The first-order chi connectivity index (χ1) is 10.2. The minimum absolute atomic E-state index is 0.0593. The van der Waals surface area contributed by atoms with E-state index in [0.29, 0.717) is 18.2 Å². The molecule has 0 radical (unpaired) electrons. The highest BCUT2D eigenvalue weighted by molar-refractivity contribution is 7.99. The van der Waals surface area contributed by atoms with E-state index in [1.807, 2.05) is 16.7 Å². The van der Waals surface area contributed by atoms with E-state index < -0.39 is 5.54 Å². The molecule has 0 aromatic heterocycles. The van der Waals surface area contributed by atoms with Crippen LogP contribution >= 0.6 is 11.8 Å². The summed E-state index contributed by atoms with van der Waals surface area (Å²) in [6, 6.07) is 0. The average molecular weight is 310 g/mol. The Morgan fingerprint density at radius 1 is 1.14 bits per heavy atom. The predicted molar refractivity (Wildman–Crippen MR) is 85.3 cm³/mol. The van der Waals surface area contributed by atoms with Gasteiger partial charge in [-0.25, -0.2) is 0 Å². The molecule has 3 fully saturated rings. The van der Waals surface area contributed by atoms with Crippen LogP contribution in [0.2, 0.25) is 0 Å². The smallest absolute Gasteiger partial charge is 0.248 e. The molecule has 118 valence electrons. The van der Waals surface area contributed by atoms with Crippen LogP contribution in [0, 0.1) is 0 Å². The molecular formula is C16H26N2O2S. The van der Waals surface area contributed by atoms with Gasteiger partial charge in [-0.2, -0.15) is 11.8 Å². The van der Waals surface area contributed by atoms with E-state index in [9.17, 15) is 9.59 Å². The van der Waals surface area contributed by atoms with Gasteiger partial charge in [0.2, 0.25) is 11.8 Å². The van der Waals surface area contributed by atoms with E-state index in [2.05, 4.69) is 5.32 Å². The molecule has 1 unspecified atom stereocenters. The fourth-order valence-corrected chi connectivity index (χ4v) is 5.21. The lowest BCUT2D eigenvalue weighted by Gasteiger charge is -2.39. The summed E-state index contributed by atoms with van der Waals surface area (Å²) in [5.41, 5.74) is -0.578. The van der Waals surface area contributed by atoms with Gasteiger partial charge in [-0.15, -0.1) is 0 Å². The summed E-state index contributed by atoms with van der Waals surface area (Å²) >= 11 is 2.00. The van der Waals surface area contributed by atoms with Crippen LogP contribution in [0.25, 0.3) is 0 Å². The van der Waals surface area contributed by atoms with Crippen LogP contribution in [0.15, 0.2) is 0 Å². The first-order valence-electron chi connectivity index (χ1n) is 8.42. The molecule has 3 aliphatic rings. The molecule has 2 aliphatic heterocycles. The van der Waals surface area contributed by atoms with Gasteiger partial charge in [0.15, 0.2) is 0 Å². The second-order valence-corrected chi connectivity index (χ2v) is 8.09. The lowest BCUT2D eigenvalue weighted by atomic mass is 9.80. The van der Waals surface area contributed by atoms with Gasteiger partial charge >= 0.3 is 0 Å². The maximum absolute atomic E-state index is 13.0. The first kappa shape index (κ1) is 15.2. The normalized spacial score (nSPS) is 30.1. The number of hydrogen-bond donors (Lipinski definition) is 1. The summed E-state index contributed by atoms with van der Waals surface area (Å²) < 4.78 is 0. The number of rotatable bonds is 2. The van der Waals surface area contributed by atoms with Crippen molar-refractivity contribution in [3.05, 3.63) is 0 Å². The molecule has 1 atom stereocenters. The minimum atomic E-state index is -0.578.